The highest BCUT2D eigenvalue weighted by Gasteiger charge is 2.25. The second-order valence-corrected chi connectivity index (χ2v) is 6.57. The summed E-state index contributed by atoms with van der Waals surface area (Å²) in [6.07, 6.45) is 6.49. The van der Waals surface area contributed by atoms with Crippen LogP contribution in [0.5, 0.6) is 0 Å². The number of rotatable bonds is 6. The quantitative estimate of drug-likeness (QED) is 0.701. The summed E-state index contributed by atoms with van der Waals surface area (Å²) in [5.41, 5.74) is -0.173. The Balaban J connectivity index is 2.49. The summed E-state index contributed by atoms with van der Waals surface area (Å²) in [4.78, 5) is 2.64. The highest BCUT2D eigenvalue weighted by Crippen LogP contribution is 2.26. The van der Waals surface area contributed by atoms with Crippen molar-refractivity contribution in [3.05, 3.63) is 0 Å². The van der Waals surface area contributed by atoms with Gasteiger partial charge in [-0.15, -0.1) is 0 Å². The third kappa shape index (κ3) is 5.08. The zero-order valence-electron chi connectivity index (χ0n) is 12.0. The van der Waals surface area contributed by atoms with Crippen molar-refractivity contribution in [3.63, 3.8) is 0 Å². The molecule has 0 heterocycles. The fourth-order valence-corrected chi connectivity index (χ4v) is 2.64. The first kappa shape index (κ1) is 14.5. The third-order valence-electron chi connectivity index (χ3n) is 3.77. The van der Waals surface area contributed by atoms with E-state index in [1.54, 1.807) is 0 Å². The average Bonchev–Trinajstić information content (AvgIpc) is 2.77. The Hall–Kier alpha value is -0.550. The van der Waals surface area contributed by atoms with Gasteiger partial charge in [0.1, 0.15) is 0 Å². The van der Waals surface area contributed by atoms with E-state index in [0.717, 1.165) is 24.9 Å². The van der Waals surface area contributed by atoms with Gasteiger partial charge in [0.05, 0.1) is 11.5 Å². The molecule has 1 fully saturated rings. The van der Waals surface area contributed by atoms with Crippen molar-refractivity contribution in [3.8, 4) is 6.07 Å². The molecule has 98 valence electrons. The molecule has 0 N–H and O–H groups in total. The normalized spacial score (nSPS) is 17.9. The summed E-state index contributed by atoms with van der Waals surface area (Å²) in [5, 5.41) is 9.09. The lowest BCUT2D eigenvalue weighted by molar-refractivity contribution is 0.160. The fourth-order valence-electron chi connectivity index (χ4n) is 2.64. The zero-order valence-corrected chi connectivity index (χ0v) is 12.0. The van der Waals surface area contributed by atoms with Crippen LogP contribution in [0.15, 0.2) is 0 Å². The molecule has 0 aromatic heterocycles. The molecular weight excluding hydrogens is 208 g/mol. The minimum atomic E-state index is -0.173. The van der Waals surface area contributed by atoms with E-state index in [1.165, 1.54) is 32.2 Å². The van der Waals surface area contributed by atoms with Crippen LogP contribution in [-0.2, 0) is 0 Å². The summed E-state index contributed by atoms with van der Waals surface area (Å²) in [6.45, 7) is 11.0. The van der Waals surface area contributed by atoms with Gasteiger partial charge in [-0.05, 0) is 45.6 Å². The van der Waals surface area contributed by atoms with Gasteiger partial charge in [0, 0.05) is 12.6 Å². The standard InChI is InChI=1S/C15H28N2/c1-13(2)11-17(14-7-5-6-8-14)10-9-15(3,4)12-16/h13-14H,5-11H2,1-4H3. The van der Waals surface area contributed by atoms with Crippen molar-refractivity contribution in [1.29, 1.82) is 5.26 Å². The summed E-state index contributed by atoms with van der Waals surface area (Å²) >= 11 is 0. The van der Waals surface area contributed by atoms with Crippen LogP contribution >= 0.6 is 0 Å². The fraction of sp³-hybridized carbons (Fsp3) is 0.933. The molecule has 0 atom stereocenters. The van der Waals surface area contributed by atoms with Gasteiger partial charge in [0.25, 0.3) is 0 Å². The molecule has 1 aliphatic rings. The minimum Gasteiger partial charge on any atom is -0.300 e. The Morgan fingerprint density at radius 2 is 1.88 bits per heavy atom. The Bertz CT molecular complexity index is 257. The molecule has 0 amide bonds. The molecule has 1 saturated carbocycles. The van der Waals surface area contributed by atoms with E-state index < -0.39 is 0 Å². The van der Waals surface area contributed by atoms with Crippen LogP contribution in [0.4, 0.5) is 0 Å². The van der Waals surface area contributed by atoms with Crippen LogP contribution in [0.3, 0.4) is 0 Å². The third-order valence-corrected chi connectivity index (χ3v) is 3.77. The lowest BCUT2D eigenvalue weighted by atomic mass is 9.91. The van der Waals surface area contributed by atoms with Crippen molar-refractivity contribution in [1.82, 2.24) is 4.90 Å². The van der Waals surface area contributed by atoms with Gasteiger partial charge in [-0.1, -0.05) is 26.7 Å². The van der Waals surface area contributed by atoms with Crippen LogP contribution in [0, 0.1) is 22.7 Å². The largest absolute Gasteiger partial charge is 0.300 e. The number of nitrogens with zero attached hydrogens (tertiary/aromatic N) is 2. The molecule has 0 aromatic rings. The van der Waals surface area contributed by atoms with Crippen molar-refractivity contribution >= 4 is 0 Å². The smallest absolute Gasteiger partial charge is 0.0684 e. The first-order chi connectivity index (χ1) is 7.94. The summed E-state index contributed by atoms with van der Waals surface area (Å²) in [7, 11) is 0. The average molecular weight is 236 g/mol. The molecule has 0 bridgehead atoms. The predicted molar refractivity (Wildman–Crippen MR) is 72.7 cm³/mol. The molecule has 2 heteroatoms. The first-order valence-corrected chi connectivity index (χ1v) is 7.10. The molecule has 1 aliphatic carbocycles. The molecule has 0 unspecified atom stereocenters. The molecule has 17 heavy (non-hydrogen) atoms. The van der Waals surface area contributed by atoms with Gasteiger partial charge in [0.2, 0.25) is 0 Å². The van der Waals surface area contributed by atoms with Crippen LogP contribution in [0.25, 0.3) is 0 Å². The van der Waals surface area contributed by atoms with E-state index in [9.17, 15) is 0 Å². The SMILES string of the molecule is CC(C)CN(CCC(C)(C)C#N)C1CCCC1. The van der Waals surface area contributed by atoms with E-state index >= 15 is 0 Å². The van der Waals surface area contributed by atoms with Crippen molar-refractivity contribution < 1.29 is 0 Å². The summed E-state index contributed by atoms with van der Waals surface area (Å²) in [6, 6.07) is 3.20. The van der Waals surface area contributed by atoms with Crippen LogP contribution in [-0.4, -0.2) is 24.0 Å². The maximum absolute atomic E-state index is 9.09. The number of nitriles is 1. The van der Waals surface area contributed by atoms with Crippen molar-refractivity contribution in [2.45, 2.75) is 65.8 Å². The Labute approximate surface area is 107 Å². The molecule has 2 nitrogen and oxygen atoms in total. The Morgan fingerprint density at radius 3 is 2.35 bits per heavy atom. The van der Waals surface area contributed by atoms with Crippen molar-refractivity contribution in [2.24, 2.45) is 11.3 Å². The second kappa shape index (κ2) is 6.40. The monoisotopic (exact) mass is 236 g/mol. The number of hydrogen-bond acceptors (Lipinski definition) is 2. The Kier molecular flexibility index (Phi) is 5.46. The van der Waals surface area contributed by atoms with E-state index in [0.29, 0.717) is 0 Å². The van der Waals surface area contributed by atoms with E-state index in [4.69, 9.17) is 5.26 Å². The molecule has 0 radical (unpaired) electrons. The van der Waals surface area contributed by atoms with Crippen molar-refractivity contribution in [2.75, 3.05) is 13.1 Å². The highest BCUT2D eigenvalue weighted by molar-refractivity contribution is 4.92. The number of hydrogen-bond donors (Lipinski definition) is 0. The molecule has 0 saturated heterocycles. The molecule has 0 aromatic carbocycles. The highest BCUT2D eigenvalue weighted by atomic mass is 15.2. The maximum atomic E-state index is 9.09. The zero-order chi connectivity index (χ0) is 12.9. The summed E-state index contributed by atoms with van der Waals surface area (Å²) < 4.78 is 0. The maximum Gasteiger partial charge on any atom is 0.0684 e. The second-order valence-electron chi connectivity index (χ2n) is 6.57. The van der Waals surface area contributed by atoms with Gasteiger partial charge >= 0.3 is 0 Å². The lowest BCUT2D eigenvalue weighted by Gasteiger charge is -2.32. The topological polar surface area (TPSA) is 27.0 Å². The van der Waals surface area contributed by atoms with E-state index in [-0.39, 0.29) is 5.41 Å². The van der Waals surface area contributed by atoms with E-state index in [1.807, 2.05) is 0 Å². The van der Waals surface area contributed by atoms with Crippen LogP contribution < -0.4 is 0 Å². The lowest BCUT2D eigenvalue weighted by Crippen LogP contribution is -2.38. The molecule has 0 aliphatic heterocycles. The summed E-state index contributed by atoms with van der Waals surface area (Å²) in [5.74, 6) is 0.723. The van der Waals surface area contributed by atoms with E-state index in [2.05, 4.69) is 38.7 Å². The van der Waals surface area contributed by atoms with Gasteiger partial charge < -0.3 is 4.90 Å². The van der Waals surface area contributed by atoms with Crippen LogP contribution in [0.2, 0.25) is 0 Å². The Morgan fingerprint density at radius 1 is 1.29 bits per heavy atom. The molecule has 0 spiro atoms. The predicted octanol–water partition coefficient (Wildman–Crippen LogP) is 3.83. The van der Waals surface area contributed by atoms with Gasteiger partial charge in [-0.2, -0.15) is 5.26 Å². The minimum absolute atomic E-state index is 0.173. The molecular formula is C15H28N2. The van der Waals surface area contributed by atoms with Gasteiger partial charge in [-0.25, -0.2) is 0 Å². The first-order valence-electron chi connectivity index (χ1n) is 7.10. The van der Waals surface area contributed by atoms with Crippen LogP contribution in [0.1, 0.15) is 59.8 Å². The van der Waals surface area contributed by atoms with Gasteiger partial charge in [0.15, 0.2) is 0 Å². The molecule has 1 rings (SSSR count). The van der Waals surface area contributed by atoms with Gasteiger partial charge in [-0.3, -0.25) is 0 Å².